The molecular weight excluding hydrogens is 473 g/mol. The molecule has 0 unspecified atom stereocenters. The largest absolute Gasteiger partial charge is 0.339 e. The molecule has 34 heavy (non-hydrogen) atoms. The van der Waals surface area contributed by atoms with E-state index in [1.165, 1.54) is 28.5 Å². The van der Waals surface area contributed by atoms with Gasteiger partial charge in [0.1, 0.15) is 5.82 Å². The zero-order chi connectivity index (χ0) is 24.2. The van der Waals surface area contributed by atoms with Crippen LogP contribution in [0.1, 0.15) is 29.8 Å². The van der Waals surface area contributed by atoms with Gasteiger partial charge in [-0.3, -0.25) is 14.2 Å². The Morgan fingerprint density at radius 3 is 2.47 bits per heavy atom. The Hall–Kier alpha value is -3.16. The molecule has 0 radical (unpaired) electrons. The lowest BCUT2D eigenvalue weighted by atomic mass is 10.1. The van der Waals surface area contributed by atoms with E-state index in [0.717, 1.165) is 5.56 Å². The van der Waals surface area contributed by atoms with Gasteiger partial charge in [0.2, 0.25) is 0 Å². The molecule has 5 nitrogen and oxygen atoms in total. The van der Waals surface area contributed by atoms with Crippen LogP contribution >= 0.6 is 23.4 Å². The van der Waals surface area contributed by atoms with Gasteiger partial charge >= 0.3 is 0 Å². The molecule has 174 valence electrons. The number of benzene rings is 3. The van der Waals surface area contributed by atoms with Gasteiger partial charge in [0, 0.05) is 29.4 Å². The standard InChI is InChI=1S/C26H23ClFN3O2S/c1-3-30(4-2)24(32)18-10-13-22-23(14-18)29-26(34-16-17-8-11-19(27)12-9-17)31(25(22)33)21-7-5-6-20(28)15-21/h5-15H,3-4,16H2,1-2H3. The third kappa shape index (κ3) is 5.00. The molecule has 0 aliphatic rings. The van der Waals surface area contributed by atoms with Gasteiger partial charge in [-0.05, 0) is 67.9 Å². The van der Waals surface area contributed by atoms with Crippen LogP contribution in [0.5, 0.6) is 0 Å². The molecule has 0 fully saturated rings. The van der Waals surface area contributed by atoms with Crippen LogP contribution < -0.4 is 5.56 Å². The molecule has 4 aromatic rings. The molecule has 1 amide bonds. The van der Waals surface area contributed by atoms with Gasteiger partial charge in [0.25, 0.3) is 11.5 Å². The summed E-state index contributed by atoms with van der Waals surface area (Å²) < 4.78 is 15.4. The lowest BCUT2D eigenvalue weighted by Gasteiger charge is -2.19. The van der Waals surface area contributed by atoms with E-state index in [1.54, 1.807) is 47.4 Å². The van der Waals surface area contributed by atoms with Crippen molar-refractivity contribution >= 4 is 40.2 Å². The van der Waals surface area contributed by atoms with Gasteiger partial charge in [-0.15, -0.1) is 0 Å². The Kier molecular flexibility index (Phi) is 7.34. The van der Waals surface area contributed by atoms with Crippen LogP contribution in [0.4, 0.5) is 4.39 Å². The smallest absolute Gasteiger partial charge is 0.266 e. The molecule has 3 aromatic carbocycles. The van der Waals surface area contributed by atoms with Crippen LogP contribution in [-0.4, -0.2) is 33.4 Å². The number of amides is 1. The van der Waals surface area contributed by atoms with Crippen molar-refractivity contribution in [3.63, 3.8) is 0 Å². The zero-order valence-corrected chi connectivity index (χ0v) is 20.4. The summed E-state index contributed by atoms with van der Waals surface area (Å²) in [5.41, 5.74) is 1.96. The van der Waals surface area contributed by atoms with E-state index >= 15 is 0 Å². The SMILES string of the molecule is CCN(CC)C(=O)c1ccc2c(=O)n(-c3cccc(F)c3)c(SCc3ccc(Cl)cc3)nc2c1. The predicted molar refractivity (Wildman–Crippen MR) is 136 cm³/mol. The highest BCUT2D eigenvalue weighted by Gasteiger charge is 2.18. The Labute approximate surface area is 206 Å². The summed E-state index contributed by atoms with van der Waals surface area (Å²) in [6.07, 6.45) is 0. The first-order chi connectivity index (χ1) is 16.4. The van der Waals surface area contributed by atoms with E-state index in [4.69, 9.17) is 16.6 Å². The van der Waals surface area contributed by atoms with Crippen LogP contribution in [0.3, 0.4) is 0 Å². The molecule has 0 spiro atoms. The Morgan fingerprint density at radius 1 is 1.06 bits per heavy atom. The second-order valence-electron chi connectivity index (χ2n) is 7.64. The van der Waals surface area contributed by atoms with Gasteiger partial charge in [-0.2, -0.15) is 0 Å². The molecule has 0 bridgehead atoms. The average Bonchev–Trinajstić information content (AvgIpc) is 2.84. The van der Waals surface area contributed by atoms with Crippen LogP contribution in [0.25, 0.3) is 16.6 Å². The highest BCUT2D eigenvalue weighted by atomic mass is 35.5. The number of carbonyl (C=O) groups is 1. The fourth-order valence-corrected chi connectivity index (χ4v) is 4.75. The molecule has 4 rings (SSSR count). The molecule has 0 saturated heterocycles. The summed E-state index contributed by atoms with van der Waals surface area (Å²) in [5, 5.41) is 1.40. The molecule has 0 atom stereocenters. The summed E-state index contributed by atoms with van der Waals surface area (Å²) in [6.45, 7) is 5.02. The number of rotatable bonds is 7. The van der Waals surface area contributed by atoms with E-state index in [-0.39, 0.29) is 11.5 Å². The number of nitrogens with zero attached hydrogens (tertiary/aromatic N) is 3. The van der Waals surface area contributed by atoms with Crippen LogP contribution in [-0.2, 0) is 5.75 Å². The van der Waals surface area contributed by atoms with Crippen molar-refractivity contribution in [1.29, 1.82) is 0 Å². The van der Waals surface area contributed by atoms with E-state index in [0.29, 0.717) is 51.2 Å². The van der Waals surface area contributed by atoms with Gasteiger partial charge in [0.05, 0.1) is 16.6 Å². The fraction of sp³-hybridized carbons (Fsp3) is 0.192. The number of aromatic nitrogens is 2. The molecule has 0 aliphatic carbocycles. The summed E-state index contributed by atoms with van der Waals surface area (Å²) in [6, 6.07) is 18.2. The highest BCUT2D eigenvalue weighted by molar-refractivity contribution is 7.98. The number of carbonyl (C=O) groups excluding carboxylic acids is 1. The third-order valence-corrected chi connectivity index (χ3v) is 6.75. The molecular formula is C26H23ClFN3O2S. The second-order valence-corrected chi connectivity index (χ2v) is 9.02. The maximum atomic E-state index is 14.0. The lowest BCUT2D eigenvalue weighted by molar-refractivity contribution is 0.0773. The van der Waals surface area contributed by atoms with Crippen molar-refractivity contribution in [2.75, 3.05) is 13.1 Å². The maximum Gasteiger partial charge on any atom is 0.266 e. The normalized spacial score (nSPS) is 11.1. The minimum absolute atomic E-state index is 0.113. The zero-order valence-electron chi connectivity index (χ0n) is 18.8. The predicted octanol–water partition coefficient (Wildman–Crippen LogP) is 5.95. The van der Waals surface area contributed by atoms with E-state index in [1.807, 2.05) is 26.0 Å². The number of hydrogen-bond acceptors (Lipinski definition) is 4. The van der Waals surface area contributed by atoms with Crippen LogP contribution in [0.15, 0.2) is 76.7 Å². The lowest BCUT2D eigenvalue weighted by Crippen LogP contribution is -2.30. The summed E-state index contributed by atoms with van der Waals surface area (Å²) in [5.74, 6) is -0.0284. The minimum Gasteiger partial charge on any atom is -0.339 e. The first kappa shape index (κ1) is 24.0. The Bertz CT molecular complexity index is 1400. The van der Waals surface area contributed by atoms with Crippen molar-refractivity contribution in [3.05, 3.63) is 99.1 Å². The highest BCUT2D eigenvalue weighted by Crippen LogP contribution is 2.26. The molecule has 1 aromatic heterocycles. The second kappa shape index (κ2) is 10.4. The first-order valence-corrected chi connectivity index (χ1v) is 12.3. The van der Waals surface area contributed by atoms with Crippen molar-refractivity contribution in [2.24, 2.45) is 0 Å². The van der Waals surface area contributed by atoms with Crippen molar-refractivity contribution in [2.45, 2.75) is 24.8 Å². The van der Waals surface area contributed by atoms with E-state index < -0.39 is 5.82 Å². The maximum absolute atomic E-state index is 14.0. The number of thioether (sulfide) groups is 1. The van der Waals surface area contributed by atoms with Gasteiger partial charge in [-0.1, -0.05) is 41.6 Å². The van der Waals surface area contributed by atoms with Gasteiger partial charge in [0.15, 0.2) is 5.16 Å². The number of halogens is 2. The summed E-state index contributed by atoms with van der Waals surface area (Å²) in [7, 11) is 0. The average molecular weight is 496 g/mol. The van der Waals surface area contributed by atoms with Crippen LogP contribution in [0, 0.1) is 5.82 Å². The molecule has 8 heteroatoms. The number of hydrogen-bond donors (Lipinski definition) is 0. The van der Waals surface area contributed by atoms with Crippen molar-refractivity contribution < 1.29 is 9.18 Å². The van der Waals surface area contributed by atoms with E-state index in [2.05, 4.69) is 0 Å². The van der Waals surface area contributed by atoms with Crippen LogP contribution in [0.2, 0.25) is 5.02 Å². The molecule has 0 N–H and O–H groups in total. The molecule has 1 heterocycles. The Balaban J connectivity index is 1.84. The van der Waals surface area contributed by atoms with E-state index in [9.17, 15) is 14.0 Å². The quantitative estimate of drug-likeness (QED) is 0.235. The monoisotopic (exact) mass is 495 g/mol. The third-order valence-electron chi connectivity index (χ3n) is 5.48. The van der Waals surface area contributed by atoms with Gasteiger partial charge < -0.3 is 4.90 Å². The molecule has 0 aliphatic heterocycles. The number of fused-ring (bicyclic) bond motifs is 1. The Morgan fingerprint density at radius 2 is 1.79 bits per heavy atom. The topological polar surface area (TPSA) is 55.2 Å². The summed E-state index contributed by atoms with van der Waals surface area (Å²) >= 11 is 7.34. The first-order valence-electron chi connectivity index (χ1n) is 10.9. The molecule has 0 saturated carbocycles. The fourth-order valence-electron chi connectivity index (χ4n) is 3.66. The summed E-state index contributed by atoms with van der Waals surface area (Å²) in [4.78, 5) is 32.8. The minimum atomic E-state index is -0.446. The van der Waals surface area contributed by atoms with Gasteiger partial charge in [-0.25, -0.2) is 9.37 Å². The van der Waals surface area contributed by atoms with Crippen molar-refractivity contribution in [3.8, 4) is 5.69 Å². The van der Waals surface area contributed by atoms with Crippen molar-refractivity contribution in [1.82, 2.24) is 14.5 Å².